The molecule has 2 atom stereocenters. The molecule has 0 spiro atoms. The van der Waals surface area contributed by atoms with Crippen molar-refractivity contribution in [3.63, 3.8) is 0 Å². The predicted molar refractivity (Wildman–Crippen MR) is 91.5 cm³/mol. The van der Waals surface area contributed by atoms with Gasteiger partial charge in [0.15, 0.2) is 0 Å². The third-order valence-electron chi connectivity index (χ3n) is 4.96. The highest BCUT2D eigenvalue weighted by Gasteiger charge is 2.29. The van der Waals surface area contributed by atoms with Crippen LogP contribution in [0.3, 0.4) is 0 Å². The summed E-state index contributed by atoms with van der Waals surface area (Å²) in [6.07, 6.45) is 5.15. The van der Waals surface area contributed by atoms with E-state index in [0.717, 1.165) is 12.5 Å². The lowest BCUT2D eigenvalue weighted by molar-refractivity contribution is 0.104. The first-order valence-electron chi connectivity index (χ1n) is 8.80. The van der Waals surface area contributed by atoms with Crippen molar-refractivity contribution in [3.8, 4) is 0 Å². The van der Waals surface area contributed by atoms with Gasteiger partial charge in [-0.05, 0) is 17.9 Å². The quantitative estimate of drug-likeness (QED) is 0.807. The van der Waals surface area contributed by atoms with Crippen LogP contribution >= 0.6 is 0 Å². The van der Waals surface area contributed by atoms with Gasteiger partial charge in [0.2, 0.25) is 0 Å². The van der Waals surface area contributed by atoms with Gasteiger partial charge in [0.05, 0.1) is 0 Å². The zero-order valence-corrected chi connectivity index (χ0v) is 14.0. The van der Waals surface area contributed by atoms with E-state index in [2.05, 4.69) is 61.3 Å². The Labute approximate surface area is 130 Å². The van der Waals surface area contributed by atoms with Crippen molar-refractivity contribution in [3.05, 3.63) is 35.9 Å². The summed E-state index contributed by atoms with van der Waals surface area (Å²) in [7, 11) is 0. The van der Waals surface area contributed by atoms with E-state index in [0.29, 0.717) is 12.1 Å². The van der Waals surface area contributed by atoms with E-state index < -0.39 is 0 Å². The van der Waals surface area contributed by atoms with E-state index in [4.69, 9.17) is 0 Å². The van der Waals surface area contributed by atoms with Gasteiger partial charge in [-0.15, -0.1) is 0 Å². The maximum absolute atomic E-state index is 3.77. The average Bonchev–Trinajstić information content (AvgIpc) is 2.54. The normalized spacial score (nSPS) is 23.6. The highest BCUT2D eigenvalue weighted by molar-refractivity contribution is 5.20. The molecule has 1 N–H and O–H groups in total. The molecule has 0 aliphatic carbocycles. The van der Waals surface area contributed by atoms with Crippen molar-refractivity contribution in [2.24, 2.45) is 5.92 Å². The van der Waals surface area contributed by atoms with Crippen LogP contribution in [0.15, 0.2) is 30.3 Å². The Hall–Kier alpha value is -0.860. The molecule has 0 amide bonds. The number of benzene rings is 1. The van der Waals surface area contributed by atoms with Crippen LogP contribution in [-0.2, 0) is 0 Å². The van der Waals surface area contributed by atoms with Crippen molar-refractivity contribution in [1.29, 1.82) is 0 Å². The van der Waals surface area contributed by atoms with Gasteiger partial charge in [-0.1, -0.05) is 70.4 Å². The van der Waals surface area contributed by atoms with E-state index >= 15 is 0 Å². The summed E-state index contributed by atoms with van der Waals surface area (Å²) in [6.45, 7) is 10.5. The second-order valence-electron chi connectivity index (χ2n) is 6.46. The van der Waals surface area contributed by atoms with Crippen LogP contribution in [0.2, 0.25) is 0 Å². The van der Waals surface area contributed by atoms with Gasteiger partial charge in [-0.25, -0.2) is 0 Å². The maximum atomic E-state index is 3.77. The molecule has 1 aliphatic rings. The summed E-state index contributed by atoms with van der Waals surface area (Å²) < 4.78 is 0. The zero-order valence-electron chi connectivity index (χ0n) is 14.0. The first kappa shape index (κ1) is 16.5. The lowest BCUT2D eigenvalue weighted by atomic mass is 9.95. The molecule has 0 aromatic heterocycles. The molecule has 2 unspecified atom stereocenters. The molecule has 0 saturated carbocycles. The van der Waals surface area contributed by atoms with Gasteiger partial charge in [-0.2, -0.15) is 0 Å². The van der Waals surface area contributed by atoms with E-state index in [1.807, 2.05) is 0 Å². The number of hydrogen-bond donors (Lipinski definition) is 1. The van der Waals surface area contributed by atoms with Crippen LogP contribution in [0.4, 0.5) is 0 Å². The van der Waals surface area contributed by atoms with Crippen LogP contribution in [0, 0.1) is 5.92 Å². The summed E-state index contributed by atoms with van der Waals surface area (Å²) in [5, 5.41) is 3.77. The Morgan fingerprint density at radius 2 is 1.86 bits per heavy atom. The van der Waals surface area contributed by atoms with Crippen molar-refractivity contribution in [2.75, 3.05) is 19.6 Å². The van der Waals surface area contributed by atoms with Gasteiger partial charge >= 0.3 is 0 Å². The first-order chi connectivity index (χ1) is 10.3. The first-order valence-corrected chi connectivity index (χ1v) is 8.80. The minimum absolute atomic E-state index is 0.542. The molecule has 1 aliphatic heterocycles. The van der Waals surface area contributed by atoms with E-state index in [1.165, 1.54) is 44.3 Å². The van der Waals surface area contributed by atoms with Crippen LogP contribution < -0.4 is 5.32 Å². The fourth-order valence-electron chi connectivity index (χ4n) is 3.51. The van der Waals surface area contributed by atoms with E-state index in [-0.39, 0.29) is 0 Å². The lowest BCUT2D eigenvalue weighted by Gasteiger charge is -2.42. The smallest absolute Gasteiger partial charge is 0.0473 e. The molecule has 1 aromatic rings. The van der Waals surface area contributed by atoms with Gasteiger partial charge < -0.3 is 5.32 Å². The number of rotatable bonds is 7. The molecule has 0 bridgehead atoms. The molecule has 2 nitrogen and oxygen atoms in total. The molecule has 21 heavy (non-hydrogen) atoms. The minimum atomic E-state index is 0.542. The largest absolute Gasteiger partial charge is 0.311 e. The average molecular weight is 288 g/mol. The minimum Gasteiger partial charge on any atom is -0.311 e. The molecular weight excluding hydrogens is 256 g/mol. The van der Waals surface area contributed by atoms with Crippen molar-refractivity contribution in [2.45, 2.75) is 58.5 Å². The van der Waals surface area contributed by atoms with E-state index in [9.17, 15) is 0 Å². The van der Waals surface area contributed by atoms with Crippen LogP contribution in [0.1, 0.15) is 58.1 Å². The monoisotopic (exact) mass is 288 g/mol. The van der Waals surface area contributed by atoms with Gasteiger partial charge in [-0.3, -0.25) is 4.90 Å². The lowest BCUT2D eigenvalue weighted by Crippen LogP contribution is -2.53. The molecular formula is C19H32N2. The third-order valence-corrected chi connectivity index (χ3v) is 4.96. The maximum Gasteiger partial charge on any atom is 0.0473 e. The van der Waals surface area contributed by atoms with Gasteiger partial charge in [0.1, 0.15) is 0 Å². The zero-order chi connectivity index (χ0) is 15.1. The van der Waals surface area contributed by atoms with Crippen molar-refractivity contribution in [1.82, 2.24) is 10.2 Å². The molecule has 1 fully saturated rings. The molecule has 1 saturated heterocycles. The second-order valence-corrected chi connectivity index (χ2v) is 6.46. The molecule has 2 rings (SSSR count). The van der Waals surface area contributed by atoms with Crippen LogP contribution in [-0.4, -0.2) is 30.6 Å². The number of nitrogens with zero attached hydrogens (tertiary/aromatic N) is 1. The molecule has 118 valence electrons. The van der Waals surface area contributed by atoms with Crippen LogP contribution in [0.25, 0.3) is 0 Å². The molecule has 2 heteroatoms. The SMILES string of the molecule is CCCC1CN(CC(CC)CC)C(c2ccccc2)CN1. The highest BCUT2D eigenvalue weighted by Crippen LogP contribution is 2.26. The van der Waals surface area contributed by atoms with Gasteiger partial charge in [0, 0.05) is 31.7 Å². The fraction of sp³-hybridized carbons (Fsp3) is 0.684. The Kier molecular flexibility index (Phi) is 6.72. The van der Waals surface area contributed by atoms with Crippen molar-refractivity contribution < 1.29 is 0 Å². The molecule has 1 aromatic carbocycles. The summed E-state index contributed by atoms with van der Waals surface area (Å²) in [5.74, 6) is 0.830. The summed E-state index contributed by atoms with van der Waals surface area (Å²) in [5.41, 5.74) is 1.46. The second kappa shape index (κ2) is 8.55. The topological polar surface area (TPSA) is 15.3 Å². The molecule has 1 heterocycles. The standard InChI is InChI=1S/C19H32N2/c1-4-10-18-15-21(14-16(5-2)6-3)19(13-20-18)17-11-8-7-9-12-17/h7-9,11-12,16,18-20H,4-6,10,13-15H2,1-3H3. The van der Waals surface area contributed by atoms with E-state index in [1.54, 1.807) is 0 Å². The fourth-order valence-corrected chi connectivity index (χ4v) is 3.51. The van der Waals surface area contributed by atoms with Crippen LogP contribution in [0.5, 0.6) is 0 Å². The number of hydrogen-bond acceptors (Lipinski definition) is 2. The number of piperazine rings is 1. The Bertz CT molecular complexity index is 386. The molecule has 0 radical (unpaired) electrons. The predicted octanol–water partition coefficient (Wildman–Crippen LogP) is 4.24. The summed E-state index contributed by atoms with van der Waals surface area (Å²) >= 11 is 0. The van der Waals surface area contributed by atoms with Gasteiger partial charge in [0.25, 0.3) is 0 Å². The van der Waals surface area contributed by atoms with Crippen molar-refractivity contribution >= 4 is 0 Å². The number of nitrogens with one attached hydrogen (secondary N) is 1. The summed E-state index contributed by atoms with van der Waals surface area (Å²) in [4.78, 5) is 2.74. The Balaban J connectivity index is 2.09. The highest BCUT2D eigenvalue weighted by atomic mass is 15.2. The third kappa shape index (κ3) is 4.55. The summed E-state index contributed by atoms with van der Waals surface area (Å²) in [6, 6.07) is 12.2. The Morgan fingerprint density at radius 1 is 1.14 bits per heavy atom. The Morgan fingerprint density at radius 3 is 2.48 bits per heavy atom.